The predicted octanol–water partition coefficient (Wildman–Crippen LogP) is 6.20. The standard InChI is InChI=1S/C23H26O3/c1-2-3-4-5-6-10-15-25-19-13-14-20-22(16-19)26-17-21(23(20)24)18-11-8-7-9-12-18/h7-9,11-14,16-17H,2-6,10,15H2,1H3. The lowest BCUT2D eigenvalue weighted by Gasteiger charge is -2.08. The summed E-state index contributed by atoms with van der Waals surface area (Å²) in [6.45, 7) is 2.92. The molecule has 0 amide bonds. The summed E-state index contributed by atoms with van der Waals surface area (Å²) < 4.78 is 11.5. The maximum absolute atomic E-state index is 12.7. The second kappa shape index (κ2) is 9.23. The Labute approximate surface area is 154 Å². The largest absolute Gasteiger partial charge is 0.493 e. The van der Waals surface area contributed by atoms with E-state index in [2.05, 4.69) is 6.92 Å². The summed E-state index contributed by atoms with van der Waals surface area (Å²) in [5.41, 5.74) is 2.00. The van der Waals surface area contributed by atoms with Crippen molar-refractivity contribution in [3.8, 4) is 16.9 Å². The van der Waals surface area contributed by atoms with E-state index in [1.54, 1.807) is 6.07 Å². The molecule has 0 fully saturated rings. The number of ether oxygens (including phenoxy) is 1. The molecule has 26 heavy (non-hydrogen) atoms. The van der Waals surface area contributed by atoms with Crippen LogP contribution in [0.4, 0.5) is 0 Å². The Morgan fingerprint density at radius 1 is 0.923 bits per heavy atom. The summed E-state index contributed by atoms with van der Waals surface area (Å²) in [6, 6.07) is 15.0. The minimum atomic E-state index is -0.0140. The molecule has 1 heterocycles. The quantitative estimate of drug-likeness (QED) is 0.431. The van der Waals surface area contributed by atoms with Crippen LogP contribution in [-0.2, 0) is 0 Å². The normalized spacial score (nSPS) is 11.0. The van der Waals surface area contributed by atoms with Crippen molar-refractivity contribution in [2.45, 2.75) is 45.4 Å². The third-order valence-electron chi connectivity index (χ3n) is 4.60. The average Bonchev–Trinajstić information content (AvgIpc) is 2.68. The SMILES string of the molecule is CCCCCCCCOc1ccc2c(=O)c(-c3ccccc3)coc2c1. The predicted molar refractivity (Wildman–Crippen MR) is 107 cm³/mol. The highest BCUT2D eigenvalue weighted by atomic mass is 16.5. The fourth-order valence-electron chi connectivity index (χ4n) is 3.09. The molecule has 0 bridgehead atoms. The zero-order valence-corrected chi connectivity index (χ0v) is 15.4. The second-order valence-electron chi connectivity index (χ2n) is 6.62. The number of hydrogen-bond acceptors (Lipinski definition) is 3. The topological polar surface area (TPSA) is 39.4 Å². The Balaban J connectivity index is 1.66. The molecule has 0 aliphatic carbocycles. The van der Waals surface area contributed by atoms with Crippen LogP contribution in [0.2, 0.25) is 0 Å². The van der Waals surface area contributed by atoms with Gasteiger partial charge in [-0.15, -0.1) is 0 Å². The molecule has 0 unspecified atom stereocenters. The van der Waals surface area contributed by atoms with E-state index in [9.17, 15) is 4.79 Å². The molecule has 0 N–H and O–H groups in total. The molecule has 0 aliphatic rings. The van der Waals surface area contributed by atoms with Gasteiger partial charge in [0.2, 0.25) is 0 Å². The van der Waals surface area contributed by atoms with Crippen molar-refractivity contribution >= 4 is 11.0 Å². The average molecular weight is 350 g/mol. The molecule has 136 valence electrons. The molecule has 0 spiro atoms. The highest BCUT2D eigenvalue weighted by Crippen LogP contribution is 2.23. The van der Waals surface area contributed by atoms with Gasteiger partial charge >= 0.3 is 0 Å². The van der Waals surface area contributed by atoms with E-state index in [-0.39, 0.29) is 5.43 Å². The van der Waals surface area contributed by atoms with Gasteiger partial charge in [0, 0.05) is 6.07 Å². The number of fused-ring (bicyclic) bond motifs is 1. The van der Waals surface area contributed by atoms with Gasteiger partial charge in [0.25, 0.3) is 0 Å². The smallest absolute Gasteiger partial charge is 0.200 e. The number of hydrogen-bond donors (Lipinski definition) is 0. The van der Waals surface area contributed by atoms with Crippen LogP contribution in [0.3, 0.4) is 0 Å². The summed E-state index contributed by atoms with van der Waals surface area (Å²) in [5, 5.41) is 0.582. The van der Waals surface area contributed by atoms with Crippen molar-refractivity contribution in [2.75, 3.05) is 6.61 Å². The Morgan fingerprint density at radius 2 is 1.69 bits per heavy atom. The van der Waals surface area contributed by atoms with Crippen LogP contribution >= 0.6 is 0 Å². The maximum Gasteiger partial charge on any atom is 0.200 e. The van der Waals surface area contributed by atoms with Gasteiger partial charge in [-0.2, -0.15) is 0 Å². The third kappa shape index (κ3) is 4.54. The Kier molecular flexibility index (Phi) is 6.48. The lowest BCUT2D eigenvalue weighted by molar-refractivity contribution is 0.304. The number of rotatable bonds is 9. The lowest BCUT2D eigenvalue weighted by Crippen LogP contribution is -2.05. The summed E-state index contributed by atoms with van der Waals surface area (Å²) in [7, 11) is 0. The number of unbranched alkanes of at least 4 members (excludes halogenated alkanes) is 5. The van der Waals surface area contributed by atoms with Crippen LogP contribution in [-0.4, -0.2) is 6.61 Å². The van der Waals surface area contributed by atoms with Gasteiger partial charge in [-0.05, 0) is 24.1 Å². The molecule has 0 atom stereocenters. The van der Waals surface area contributed by atoms with Crippen LogP contribution in [0.1, 0.15) is 45.4 Å². The maximum atomic E-state index is 12.7. The molecular formula is C23H26O3. The van der Waals surface area contributed by atoms with Crippen LogP contribution in [0.5, 0.6) is 5.75 Å². The van der Waals surface area contributed by atoms with Gasteiger partial charge < -0.3 is 9.15 Å². The Hall–Kier alpha value is -2.55. The highest BCUT2D eigenvalue weighted by molar-refractivity contribution is 5.82. The minimum absolute atomic E-state index is 0.0140. The van der Waals surface area contributed by atoms with Gasteiger partial charge in [-0.3, -0.25) is 4.79 Å². The summed E-state index contributed by atoms with van der Waals surface area (Å²) in [5.74, 6) is 0.752. The third-order valence-corrected chi connectivity index (χ3v) is 4.60. The molecule has 0 saturated heterocycles. The first-order valence-corrected chi connectivity index (χ1v) is 9.53. The molecule has 2 aromatic carbocycles. The van der Waals surface area contributed by atoms with Crippen molar-refractivity contribution in [1.82, 2.24) is 0 Å². The summed E-state index contributed by atoms with van der Waals surface area (Å²) >= 11 is 0. The van der Waals surface area contributed by atoms with Gasteiger partial charge in [0.05, 0.1) is 17.6 Å². The van der Waals surface area contributed by atoms with E-state index in [4.69, 9.17) is 9.15 Å². The van der Waals surface area contributed by atoms with Crippen LogP contribution in [0, 0.1) is 0 Å². The van der Waals surface area contributed by atoms with Gasteiger partial charge in [0.1, 0.15) is 17.6 Å². The molecule has 0 saturated carbocycles. The molecule has 3 rings (SSSR count). The summed E-state index contributed by atoms with van der Waals surface area (Å²) in [6.07, 6.45) is 8.95. The van der Waals surface area contributed by atoms with Crippen molar-refractivity contribution in [3.05, 3.63) is 65.0 Å². The van der Waals surface area contributed by atoms with Crippen molar-refractivity contribution in [3.63, 3.8) is 0 Å². The zero-order valence-electron chi connectivity index (χ0n) is 15.4. The molecule has 3 heteroatoms. The van der Waals surface area contributed by atoms with Crippen molar-refractivity contribution in [1.29, 1.82) is 0 Å². The van der Waals surface area contributed by atoms with Gasteiger partial charge in [0.15, 0.2) is 5.43 Å². The van der Waals surface area contributed by atoms with E-state index in [0.29, 0.717) is 23.1 Å². The minimum Gasteiger partial charge on any atom is -0.493 e. The Morgan fingerprint density at radius 3 is 2.50 bits per heavy atom. The second-order valence-corrected chi connectivity index (χ2v) is 6.62. The number of benzene rings is 2. The molecule has 1 aromatic heterocycles. The van der Waals surface area contributed by atoms with Gasteiger partial charge in [-0.25, -0.2) is 0 Å². The van der Waals surface area contributed by atoms with E-state index < -0.39 is 0 Å². The molecule has 0 aliphatic heterocycles. The van der Waals surface area contributed by atoms with E-state index >= 15 is 0 Å². The van der Waals surface area contributed by atoms with Crippen molar-refractivity contribution in [2.24, 2.45) is 0 Å². The zero-order chi connectivity index (χ0) is 18.2. The molecule has 3 aromatic rings. The molecular weight excluding hydrogens is 324 g/mol. The van der Waals surface area contributed by atoms with E-state index in [0.717, 1.165) is 17.7 Å². The first-order valence-electron chi connectivity index (χ1n) is 9.53. The summed E-state index contributed by atoms with van der Waals surface area (Å²) in [4.78, 5) is 12.7. The highest BCUT2D eigenvalue weighted by Gasteiger charge is 2.09. The molecule has 3 nitrogen and oxygen atoms in total. The van der Waals surface area contributed by atoms with E-state index in [1.807, 2.05) is 42.5 Å². The van der Waals surface area contributed by atoms with Crippen molar-refractivity contribution < 1.29 is 9.15 Å². The van der Waals surface area contributed by atoms with Crippen LogP contribution in [0.25, 0.3) is 22.1 Å². The van der Waals surface area contributed by atoms with Gasteiger partial charge in [-0.1, -0.05) is 69.4 Å². The van der Waals surface area contributed by atoms with Crippen LogP contribution < -0.4 is 10.2 Å². The Bertz CT molecular complexity index is 881. The monoisotopic (exact) mass is 350 g/mol. The fourth-order valence-corrected chi connectivity index (χ4v) is 3.09. The first kappa shape index (κ1) is 18.2. The van der Waals surface area contributed by atoms with E-state index in [1.165, 1.54) is 38.4 Å². The van der Waals surface area contributed by atoms with Crippen LogP contribution in [0.15, 0.2) is 64.0 Å². The molecule has 0 radical (unpaired) electrons. The fraction of sp³-hybridized carbons (Fsp3) is 0.348. The first-order chi connectivity index (χ1) is 12.8. The lowest BCUT2D eigenvalue weighted by atomic mass is 10.1.